The first kappa shape index (κ1) is 8.42. The second-order valence-electron chi connectivity index (χ2n) is 3.87. The molecule has 13 heavy (non-hydrogen) atoms. The lowest BCUT2D eigenvalue weighted by molar-refractivity contribution is 0.644. The van der Waals surface area contributed by atoms with E-state index in [1.807, 2.05) is 0 Å². The lowest BCUT2D eigenvalue weighted by Crippen LogP contribution is -2.21. The summed E-state index contributed by atoms with van der Waals surface area (Å²) in [5.74, 6) is 0. The Hall–Kier alpha value is -1.18. The van der Waals surface area contributed by atoms with Gasteiger partial charge in [0.15, 0.2) is 0 Å². The SMILES string of the molecule is C[C@@H]1C[C@@H](C)Nc2ccccc2N1. The van der Waals surface area contributed by atoms with E-state index >= 15 is 0 Å². The smallest absolute Gasteiger partial charge is 0.0578 e. The molecule has 2 rings (SSSR count). The van der Waals surface area contributed by atoms with E-state index in [2.05, 4.69) is 48.7 Å². The summed E-state index contributed by atoms with van der Waals surface area (Å²) in [5.41, 5.74) is 2.44. The summed E-state index contributed by atoms with van der Waals surface area (Å²) in [4.78, 5) is 0. The molecule has 2 heteroatoms. The molecule has 1 aromatic rings. The number of benzene rings is 1. The van der Waals surface area contributed by atoms with Gasteiger partial charge in [-0.3, -0.25) is 0 Å². The van der Waals surface area contributed by atoms with E-state index in [-0.39, 0.29) is 0 Å². The van der Waals surface area contributed by atoms with Crippen LogP contribution in [0.1, 0.15) is 20.3 Å². The summed E-state index contributed by atoms with van der Waals surface area (Å²) < 4.78 is 0. The van der Waals surface area contributed by atoms with Crippen LogP contribution in [0, 0.1) is 0 Å². The van der Waals surface area contributed by atoms with Crippen molar-refractivity contribution in [2.75, 3.05) is 10.6 Å². The third-order valence-electron chi connectivity index (χ3n) is 2.44. The van der Waals surface area contributed by atoms with E-state index in [4.69, 9.17) is 0 Å². The summed E-state index contributed by atoms with van der Waals surface area (Å²) in [6.07, 6.45) is 1.16. The minimum Gasteiger partial charge on any atom is -0.381 e. The molecule has 1 aliphatic heterocycles. The maximum Gasteiger partial charge on any atom is 0.0578 e. The van der Waals surface area contributed by atoms with Crippen molar-refractivity contribution in [3.63, 3.8) is 0 Å². The third kappa shape index (κ3) is 1.77. The molecular formula is C11H16N2. The van der Waals surface area contributed by atoms with Gasteiger partial charge in [-0.2, -0.15) is 0 Å². The Bertz CT molecular complexity index is 267. The largest absolute Gasteiger partial charge is 0.381 e. The molecular weight excluding hydrogens is 160 g/mol. The van der Waals surface area contributed by atoms with Crippen LogP contribution < -0.4 is 10.6 Å². The lowest BCUT2D eigenvalue weighted by atomic mass is 10.1. The Morgan fingerprint density at radius 2 is 1.46 bits per heavy atom. The van der Waals surface area contributed by atoms with Crippen molar-refractivity contribution in [1.29, 1.82) is 0 Å². The number of hydrogen-bond donors (Lipinski definition) is 2. The highest BCUT2D eigenvalue weighted by Crippen LogP contribution is 2.26. The molecule has 0 radical (unpaired) electrons. The molecule has 0 aliphatic carbocycles. The quantitative estimate of drug-likeness (QED) is 0.635. The van der Waals surface area contributed by atoms with E-state index in [1.165, 1.54) is 11.4 Å². The minimum atomic E-state index is 0.547. The standard InChI is InChI=1S/C11H16N2/c1-8-7-9(2)13-11-6-4-3-5-10(11)12-8/h3-6,8-9,12-13H,7H2,1-2H3/t8-,9-/m1/s1. The van der Waals surface area contributed by atoms with Crippen LogP contribution in [0.5, 0.6) is 0 Å². The van der Waals surface area contributed by atoms with Gasteiger partial charge >= 0.3 is 0 Å². The zero-order valence-electron chi connectivity index (χ0n) is 8.17. The Morgan fingerprint density at radius 1 is 1.00 bits per heavy atom. The molecule has 0 bridgehead atoms. The molecule has 0 unspecified atom stereocenters. The van der Waals surface area contributed by atoms with E-state index in [0.717, 1.165) is 6.42 Å². The van der Waals surface area contributed by atoms with Crippen molar-refractivity contribution in [3.05, 3.63) is 24.3 Å². The zero-order valence-corrected chi connectivity index (χ0v) is 8.17. The van der Waals surface area contributed by atoms with Crippen molar-refractivity contribution < 1.29 is 0 Å². The average Bonchev–Trinajstić information content (AvgIpc) is 2.20. The molecule has 0 amide bonds. The Labute approximate surface area is 79.4 Å². The summed E-state index contributed by atoms with van der Waals surface area (Å²) in [6.45, 7) is 4.44. The zero-order chi connectivity index (χ0) is 9.26. The molecule has 0 saturated heterocycles. The lowest BCUT2D eigenvalue weighted by Gasteiger charge is -2.13. The van der Waals surface area contributed by atoms with Crippen molar-refractivity contribution in [2.24, 2.45) is 0 Å². The highest BCUT2D eigenvalue weighted by Gasteiger charge is 2.15. The van der Waals surface area contributed by atoms with Crippen LogP contribution in [0.25, 0.3) is 0 Å². The first-order valence-corrected chi connectivity index (χ1v) is 4.88. The van der Waals surface area contributed by atoms with Gasteiger partial charge in [0.25, 0.3) is 0 Å². The Balaban J connectivity index is 2.32. The number of rotatable bonds is 0. The number of para-hydroxylation sites is 2. The molecule has 0 saturated carbocycles. The van der Waals surface area contributed by atoms with Gasteiger partial charge < -0.3 is 10.6 Å². The van der Waals surface area contributed by atoms with Gasteiger partial charge in [-0.05, 0) is 32.4 Å². The van der Waals surface area contributed by atoms with Crippen LogP contribution in [-0.2, 0) is 0 Å². The number of hydrogen-bond acceptors (Lipinski definition) is 2. The molecule has 70 valence electrons. The van der Waals surface area contributed by atoms with Crippen LogP contribution >= 0.6 is 0 Å². The normalized spacial score (nSPS) is 26.6. The number of nitrogens with one attached hydrogen (secondary N) is 2. The summed E-state index contributed by atoms with van der Waals surface area (Å²) in [6, 6.07) is 9.47. The highest BCUT2D eigenvalue weighted by molar-refractivity contribution is 5.69. The fraction of sp³-hybridized carbons (Fsp3) is 0.455. The van der Waals surface area contributed by atoms with Crippen LogP contribution in [-0.4, -0.2) is 12.1 Å². The first-order chi connectivity index (χ1) is 6.25. The van der Waals surface area contributed by atoms with Crippen molar-refractivity contribution in [2.45, 2.75) is 32.4 Å². The topological polar surface area (TPSA) is 24.1 Å². The molecule has 1 aromatic carbocycles. The van der Waals surface area contributed by atoms with Gasteiger partial charge in [-0.25, -0.2) is 0 Å². The maximum absolute atomic E-state index is 3.49. The molecule has 0 fully saturated rings. The minimum absolute atomic E-state index is 0.547. The molecule has 1 heterocycles. The first-order valence-electron chi connectivity index (χ1n) is 4.88. The fourth-order valence-corrected chi connectivity index (χ4v) is 1.91. The van der Waals surface area contributed by atoms with E-state index in [9.17, 15) is 0 Å². The van der Waals surface area contributed by atoms with Crippen molar-refractivity contribution in [3.8, 4) is 0 Å². The van der Waals surface area contributed by atoms with Crippen LogP contribution in [0.4, 0.5) is 11.4 Å². The average molecular weight is 176 g/mol. The van der Waals surface area contributed by atoms with E-state index in [0.29, 0.717) is 12.1 Å². The second kappa shape index (κ2) is 3.29. The predicted molar refractivity (Wildman–Crippen MR) is 57.2 cm³/mol. The van der Waals surface area contributed by atoms with Crippen LogP contribution in [0.2, 0.25) is 0 Å². The molecule has 2 N–H and O–H groups in total. The van der Waals surface area contributed by atoms with Crippen molar-refractivity contribution in [1.82, 2.24) is 0 Å². The fourth-order valence-electron chi connectivity index (χ4n) is 1.91. The Kier molecular flexibility index (Phi) is 2.13. The van der Waals surface area contributed by atoms with Crippen molar-refractivity contribution >= 4 is 11.4 Å². The van der Waals surface area contributed by atoms with Gasteiger partial charge in [0, 0.05) is 12.1 Å². The summed E-state index contributed by atoms with van der Waals surface area (Å²) in [5, 5.41) is 6.98. The molecule has 0 spiro atoms. The maximum atomic E-state index is 3.49. The molecule has 0 aromatic heterocycles. The third-order valence-corrected chi connectivity index (χ3v) is 2.44. The van der Waals surface area contributed by atoms with Crippen LogP contribution in [0.3, 0.4) is 0 Å². The highest BCUT2D eigenvalue weighted by atomic mass is 15.0. The van der Waals surface area contributed by atoms with Gasteiger partial charge in [0.2, 0.25) is 0 Å². The second-order valence-corrected chi connectivity index (χ2v) is 3.87. The molecule has 2 nitrogen and oxygen atoms in total. The molecule has 1 aliphatic rings. The summed E-state index contributed by atoms with van der Waals surface area (Å²) >= 11 is 0. The van der Waals surface area contributed by atoms with E-state index in [1.54, 1.807) is 0 Å². The van der Waals surface area contributed by atoms with Gasteiger partial charge in [-0.15, -0.1) is 0 Å². The van der Waals surface area contributed by atoms with Gasteiger partial charge in [-0.1, -0.05) is 12.1 Å². The van der Waals surface area contributed by atoms with Gasteiger partial charge in [0.05, 0.1) is 11.4 Å². The number of anilines is 2. The monoisotopic (exact) mass is 176 g/mol. The predicted octanol–water partition coefficient (Wildman–Crippen LogP) is 2.69. The van der Waals surface area contributed by atoms with Crippen LogP contribution in [0.15, 0.2) is 24.3 Å². The Morgan fingerprint density at radius 3 is 1.92 bits per heavy atom. The van der Waals surface area contributed by atoms with E-state index < -0.39 is 0 Å². The van der Waals surface area contributed by atoms with Gasteiger partial charge in [0.1, 0.15) is 0 Å². The summed E-state index contributed by atoms with van der Waals surface area (Å²) in [7, 11) is 0. The molecule has 2 atom stereocenters. The number of fused-ring (bicyclic) bond motifs is 1.